The van der Waals surface area contributed by atoms with Gasteiger partial charge in [0.05, 0.1) is 17.1 Å². The maximum absolute atomic E-state index is 13.2. The first-order chi connectivity index (χ1) is 11.1. The van der Waals surface area contributed by atoms with Crippen LogP contribution >= 0.6 is 0 Å². The predicted molar refractivity (Wildman–Crippen MR) is 81.2 cm³/mol. The zero-order chi connectivity index (χ0) is 18.1. The molecule has 0 spiro atoms. The van der Waals surface area contributed by atoms with Crippen LogP contribution in [0.3, 0.4) is 0 Å². The van der Waals surface area contributed by atoms with E-state index in [4.69, 9.17) is 4.74 Å². The molecule has 1 aliphatic rings. The molecule has 24 heavy (non-hydrogen) atoms. The molecule has 1 heterocycles. The lowest BCUT2D eigenvalue weighted by molar-refractivity contribution is -0.385. The van der Waals surface area contributed by atoms with Gasteiger partial charge in [0.15, 0.2) is 0 Å². The van der Waals surface area contributed by atoms with Crippen molar-refractivity contribution in [2.75, 3.05) is 0 Å². The van der Waals surface area contributed by atoms with Crippen molar-refractivity contribution in [2.45, 2.75) is 20.3 Å². The summed E-state index contributed by atoms with van der Waals surface area (Å²) in [6, 6.07) is 2.47. The summed E-state index contributed by atoms with van der Waals surface area (Å²) in [5, 5.41) is 10.9. The molecule has 0 radical (unpaired) electrons. The van der Waals surface area contributed by atoms with Crippen LogP contribution < -0.4 is 9.46 Å². The number of halogens is 1. The summed E-state index contributed by atoms with van der Waals surface area (Å²) >= 11 is 0. The summed E-state index contributed by atoms with van der Waals surface area (Å²) in [6.45, 7) is 2.83. The van der Waals surface area contributed by atoms with Gasteiger partial charge >= 0.3 is 21.9 Å². The maximum atomic E-state index is 13.2. The number of rotatable bonds is 4. The number of nitro benzene ring substituents is 1. The topological polar surface area (TPSA) is 128 Å². The van der Waals surface area contributed by atoms with Gasteiger partial charge < -0.3 is 4.74 Å². The Morgan fingerprint density at radius 3 is 2.67 bits per heavy atom. The van der Waals surface area contributed by atoms with Crippen molar-refractivity contribution in [3.8, 4) is 5.75 Å². The van der Waals surface area contributed by atoms with Crippen LogP contribution in [0.25, 0.3) is 0 Å². The van der Waals surface area contributed by atoms with E-state index in [1.165, 1.54) is 13.8 Å². The minimum absolute atomic E-state index is 0.0944. The van der Waals surface area contributed by atoms with Crippen molar-refractivity contribution in [2.24, 2.45) is 4.40 Å². The average Bonchev–Trinajstić information content (AvgIpc) is 2.41. The zero-order valence-corrected chi connectivity index (χ0v) is 13.4. The first kappa shape index (κ1) is 17.5. The normalized spacial score (nSPS) is 16.2. The number of hydrogen-bond donors (Lipinski definition) is 1. The SMILES string of the molecule is CC1=NS(=O)(=O)NC(C)=C1CC(=O)Oc1cc(F)ccc1[N+](=O)[O-]. The van der Waals surface area contributed by atoms with E-state index in [0.29, 0.717) is 0 Å². The Bertz CT molecular complexity index is 891. The Balaban J connectivity index is 2.23. The van der Waals surface area contributed by atoms with E-state index in [0.717, 1.165) is 18.2 Å². The number of ether oxygens (including phenoxy) is 1. The van der Waals surface area contributed by atoms with Crippen LogP contribution in [-0.2, 0) is 15.0 Å². The van der Waals surface area contributed by atoms with Gasteiger partial charge in [-0.2, -0.15) is 8.42 Å². The van der Waals surface area contributed by atoms with Crippen LogP contribution in [0.4, 0.5) is 10.1 Å². The lowest BCUT2D eigenvalue weighted by Crippen LogP contribution is -2.29. The van der Waals surface area contributed by atoms with Gasteiger partial charge in [-0.25, -0.2) is 4.39 Å². The van der Waals surface area contributed by atoms with Crippen LogP contribution in [0.5, 0.6) is 5.75 Å². The Labute approximate surface area is 136 Å². The molecule has 1 aromatic rings. The van der Waals surface area contributed by atoms with E-state index < -0.39 is 44.8 Å². The number of hydrogen-bond acceptors (Lipinski definition) is 6. The number of nitrogens with one attached hydrogen (secondary N) is 1. The van der Waals surface area contributed by atoms with Crippen LogP contribution in [0.2, 0.25) is 0 Å². The molecule has 0 saturated carbocycles. The number of nitro groups is 1. The first-order valence-electron chi connectivity index (χ1n) is 6.53. The minimum Gasteiger partial charge on any atom is -0.419 e. The second-order valence-corrected chi connectivity index (χ2v) is 6.21. The van der Waals surface area contributed by atoms with Crippen LogP contribution in [0, 0.1) is 15.9 Å². The number of carbonyl (C=O) groups is 1. The third-order valence-electron chi connectivity index (χ3n) is 3.09. The molecule has 128 valence electrons. The molecule has 11 heteroatoms. The molecule has 0 fully saturated rings. The molecule has 1 N–H and O–H groups in total. The molecule has 0 aromatic heterocycles. The molecular weight excluding hydrogens is 345 g/mol. The third-order valence-corrected chi connectivity index (χ3v) is 4.17. The van der Waals surface area contributed by atoms with Crippen molar-refractivity contribution < 1.29 is 27.3 Å². The molecule has 0 atom stereocenters. The highest BCUT2D eigenvalue weighted by atomic mass is 32.2. The van der Waals surface area contributed by atoms with Gasteiger partial charge in [-0.1, -0.05) is 0 Å². The molecule has 0 aliphatic carbocycles. The number of nitrogens with zero attached hydrogens (tertiary/aromatic N) is 2. The molecular formula is C13H12FN3O6S. The standard InChI is InChI=1S/C13H12FN3O6S/c1-7-10(8(2)16-24(21,22)15-7)6-13(18)23-12-5-9(14)3-4-11(12)17(19)20/h3-5,15H,6H2,1-2H3. The van der Waals surface area contributed by atoms with E-state index in [1.807, 2.05) is 0 Å². The molecule has 1 aliphatic heterocycles. The van der Waals surface area contributed by atoms with E-state index in [2.05, 4.69) is 9.12 Å². The van der Waals surface area contributed by atoms with Gasteiger partial charge in [-0.05, 0) is 19.9 Å². The van der Waals surface area contributed by atoms with E-state index in [9.17, 15) is 27.7 Å². The van der Waals surface area contributed by atoms with Crippen molar-refractivity contribution in [1.29, 1.82) is 0 Å². The van der Waals surface area contributed by atoms with Crippen LogP contribution in [0.1, 0.15) is 20.3 Å². The van der Waals surface area contributed by atoms with Crippen molar-refractivity contribution in [3.05, 3.63) is 45.4 Å². The largest absolute Gasteiger partial charge is 0.419 e. The lowest BCUT2D eigenvalue weighted by Gasteiger charge is -2.17. The van der Waals surface area contributed by atoms with Gasteiger partial charge in [-0.15, -0.1) is 4.40 Å². The van der Waals surface area contributed by atoms with Gasteiger partial charge in [0.1, 0.15) is 5.82 Å². The molecule has 1 aromatic carbocycles. The lowest BCUT2D eigenvalue weighted by atomic mass is 10.1. The number of allylic oxidation sites excluding steroid dienone is 1. The summed E-state index contributed by atoms with van der Waals surface area (Å²) in [5.41, 5.74) is -0.01000. The van der Waals surface area contributed by atoms with Crippen molar-refractivity contribution >= 4 is 27.6 Å². The van der Waals surface area contributed by atoms with E-state index >= 15 is 0 Å². The summed E-state index contributed by atoms with van der Waals surface area (Å²) < 4.78 is 46.4. The second-order valence-electron chi connectivity index (χ2n) is 4.88. The monoisotopic (exact) mass is 357 g/mol. The van der Waals surface area contributed by atoms with Crippen LogP contribution in [-0.4, -0.2) is 25.0 Å². The minimum atomic E-state index is -3.84. The van der Waals surface area contributed by atoms with Crippen molar-refractivity contribution in [3.63, 3.8) is 0 Å². The zero-order valence-electron chi connectivity index (χ0n) is 12.6. The molecule has 2 rings (SSSR count). The average molecular weight is 357 g/mol. The fraction of sp³-hybridized carbons (Fsp3) is 0.231. The molecule has 9 nitrogen and oxygen atoms in total. The molecule has 0 bridgehead atoms. The number of esters is 1. The van der Waals surface area contributed by atoms with Gasteiger partial charge in [0, 0.05) is 23.4 Å². The van der Waals surface area contributed by atoms with Gasteiger partial charge in [0.25, 0.3) is 0 Å². The smallest absolute Gasteiger partial charge is 0.342 e. The van der Waals surface area contributed by atoms with Crippen LogP contribution in [0.15, 0.2) is 33.9 Å². The fourth-order valence-corrected chi connectivity index (χ4v) is 3.10. The number of carbonyl (C=O) groups excluding carboxylic acids is 1. The quantitative estimate of drug-likeness (QED) is 0.377. The van der Waals surface area contributed by atoms with Gasteiger partial charge in [0.2, 0.25) is 5.75 Å². The highest BCUT2D eigenvalue weighted by molar-refractivity contribution is 7.88. The Kier molecular flexibility index (Phi) is 4.64. The predicted octanol–water partition coefficient (Wildman–Crippen LogP) is 1.61. The summed E-state index contributed by atoms with van der Waals surface area (Å²) in [5.74, 6) is -2.26. The Morgan fingerprint density at radius 2 is 2.08 bits per heavy atom. The Hall–Kier alpha value is -2.82. The van der Waals surface area contributed by atoms with E-state index in [-0.39, 0.29) is 17.0 Å². The third kappa shape index (κ3) is 3.93. The van der Waals surface area contributed by atoms with Gasteiger partial charge in [-0.3, -0.25) is 19.6 Å². The number of benzene rings is 1. The highest BCUT2D eigenvalue weighted by Gasteiger charge is 2.24. The fourth-order valence-electron chi connectivity index (χ4n) is 2.07. The maximum Gasteiger partial charge on any atom is 0.342 e. The summed E-state index contributed by atoms with van der Waals surface area (Å²) in [4.78, 5) is 22.0. The van der Waals surface area contributed by atoms with E-state index in [1.54, 1.807) is 0 Å². The molecule has 0 amide bonds. The highest BCUT2D eigenvalue weighted by Crippen LogP contribution is 2.28. The summed E-state index contributed by atoms with van der Waals surface area (Å²) in [6.07, 6.45) is -0.392. The Morgan fingerprint density at radius 1 is 1.42 bits per heavy atom. The second kappa shape index (κ2) is 6.35. The molecule has 0 saturated heterocycles. The van der Waals surface area contributed by atoms with Crippen molar-refractivity contribution in [1.82, 2.24) is 4.72 Å². The first-order valence-corrected chi connectivity index (χ1v) is 7.97. The summed E-state index contributed by atoms with van der Waals surface area (Å²) in [7, 11) is -3.84. The molecule has 0 unspecified atom stereocenters.